The van der Waals surface area contributed by atoms with Gasteiger partial charge in [0.05, 0.1) is 6.61 Å². The Labute approximate surface area is 123 Å². The van der Waals surface area contributed by atoms with Crippen molar-refractivity contribution < 1.29 is 9.53 Å². The van der Waals surface area contributed by atoms with E-state index in [2.05, 4.69) is 19.2 Å². The van der Waals surface area contributed by atoms with Gasteiger partial charge in [-0.1, -0.05) is 13.3 Å². The van der Waals surface area contributed by atoms with Crippen molar-refractivity contribution in [2.24, 2.45) is 5.92 Å². The lowest BCUT2D eigenvalue weighted by atomic mass is 9.92. The highest BCUT2D eigenvalue weighted by atomic mass is 35.5. The molecule has 1 amide bonds. The third-order valence-electron chi connectivity index (χ3n) is 3.63. The molecule has 114 valence electrons. The fourth-order valence-electron chi connectivity index (χ4n) is 2.50. The zero-order chi connectivity index (χ0) is 13.4. The van der Waals surface area contributed by atoms with Gasteiger partial charge in [-0.2, -0.15) is 0 Å². The highest BCUT2D eigenvalue weighted by Crippen LogP contribution is 2.19. The van der Waals surface area contributed by atoms with Gasteiger partial charge in [-0.05, 0) is 32.7 Å². The first kappa shape index (κ1) is 18.7. The van der Waals surface area contributed by atoms with Crippen molar-refractivity contribution in [3.8, 4) is 0 Å². The fourth-order valence-corrected chi connectivity index (χ4v) is 2.50. The van der Waals surface area contributed by atoms with Crippen LogP contribution in [0.2, 0.25) is 0 Å². The highest BCUT2D eigenvalue weighted by Gasteiger charge is 2.28. The number of ether oxygens (including phenoxy) is 1. The summed E-state index contributed by atoms with van der Waals surface area (Å²) >= 11 is 0. The average molecular weight is 293 g/mol. The van der Waals surface area contributed by atoms with E-state index in [1.54, 1.807) is 7.11 Å². The Kier molecular flexibility index (Phi) is 10.3. The van der Waals surface area contributed by atoms with Gasteiger partial charge in [-0.25, -0.2) is 0 Å². The number of nitrogens with one attached hydrogen (secondary N) is 1. The SMILES string of the molecule is CCCCN(CCOC)C(=O)[C@H]1CCN[C@@H](C)C1.Cl. The number of amides is 1. The monoisotopic (exact) mass is 292 g/mol. The molecule has 0 bridgehead atoms. The smallest absolute Gasteiger partial charge is 0.225 e. The van der Waals surface area contributed by atoms with Crippen molar-refractivity contribution >= 4 is 18.3 Å². The molecule has 1 aliphatic rings. The van der Waals surface area contributed by atoms with E-state index in [0.717, 1.165) is 45.3 Å². The van der Waals surface area contributed by atoms with Crippen LogP contribution in [0.1, 0.15) is 39.5 Å². The quantitative estimate of drug-likeness (QED) is 0.781. The Morgan fingerprint density at radius 1 is 1.42 bits per heavy atom. The third-order valence-corrected chi connectivity index (χ3v) is 3.63. The van der Waals surface area contributed by atoms with E-state index in [1.165, 1.54) is 0 Å². The molecule has 1 aliphatic heterocycles. The average Bonchev–Trinajstić information content (AvgIpc) is 2.38. The van der Waals surface area contributed by atoms with E-state index < -0.39 is 0 Å². The number of piperidine rings is 1. The molecule has 0 saturated carbocycles. The van der Waals surface area contributed by atoms with Crippen molar-refractivity contribution in [3.63, 3.8) is 0 Å². The number of carbonyl (C=O) groups excluding carboxylic acids is 1. The summed E-state index contributed by atoms with van der Waals surface area (Å²) in [7, 11) is 1.69. The molecule has 0 aromatic rings. The number of carbonyl (C=O) groups is 1. The van der Waals surface area contributed by atoms with Crippen molar-refractivity contribution in [2.75, 3.05) is 33.4 Å². The first-order valence-corrected chi connectivity index (χ1v) is 7.20. The Morgan fingerprint density at radius 2 is 2.16 bits per heavy atom. The number of halogens is 1. The number of rotatable bonds is 7. The Balaban J connectivity index is 0.00000324. The first-order chi connectivity index (χ1) is 8.69. The van der Waals surface area contributed by atoms with Gasteiger partial charge >= 0.3 is 0 Å². The summed E-state index contributed by atoms with van der Waals surface area (Å²) in [6.07, 6.45) is 4.14. The Morgan fingerprint density at radius 3 is 2.74 bits per heavy atom. The molecule has 2 atom stereocenters. The number of unbranched alkanes of at least 4 members (excludes halogenated alkanes) is 1. The molecule has 1 heterocycles. The predicted molar refractivity (Wildman–Crippen MR) is 80.8 cm³/mol. The van der Waals surface area contributed by atoms with E-state index in [-0.39, 0.29) is 18.3 Å². The molecule has 5 heteroatoms. The molecule has 1 rings (SSSR count). The van der Waals surface area contributed by atoms with E-state index in [0.29, 0.717) is 18.6 Å². The van der Waals surface area contributed by atoms with E-state index in [4.69, 9.17) is 4.74 Å². The minimum absolute atomic E-state index is 0. The number of methoxy groups -OCH3 is 1. The van der Waals surface area contributed by atoms with Crippen LogP contribution in [0.15, 0.2) is 0 Å². The van der Waals surface area contributed by atoms with E-state index >= 15 is 0 Å². The van der Waals surface area contributed by atoms with Crippen molar-refractivity contribution in [1.82, 2.24) is 10.2 Å². The van der Waals surface area contributed by atoms with Gasteiger partial charge in [-0.3, -0.25) is 4.79 Å². The van der Waals surface area contributed by atoms with Crippen LogP contribution in [-0.2, 0) is 9.53 Å². The molecule has 0 radical (unpaired) electrons. The van der Waals surface area contributed by atoms with Crippen molar-refractivity contribution in [3.05, 3.63) is 0 Å². The van der Waals surface area contributed by atoms with E-state index in [1.807, 2.05) is 4.90 Å². The van der Waals surface area contributed by atoms with Gasteiger partial charge in [0.15, 0.2) is 0 Å². The summed E-state index contributed by atoms with van der Waals surface area (Å²) in [5.41, 5.74) is 0. The summed E-state index contributed by atoms with van der Waals surface area (Å²) in [4.78, 5) is 14.5. The van der Waals surface area contributed by atoms with Gasteiger partial charge in [0, 0.05) is 32.2 Å². The Hall–Kier alpha value is -0.320. The molecule has 0 aliphatic carbocycles. The van der Waals surface area contributed by atoms with Crippen LogP contribution < -0.4 is 5.32 Å². The topological polar surface area (TPSA) is 41.6 Å². The summed E-state index contributed by atoms with van der Waals surface area (Å²) < 4.78 is 5.10. The van der Waals surface area contributed by atoms with Crippen LogP contribution in [0.3, 0.4) is 0 Å². The molecule has 19 heavy (non-hydrogen) atoms. The minimum Gasteiger partial charge on any atom is -0.383 e. The van der Waals surface area contributed by atoms with Gasteiger partial charge in [0.25, 0.3) is 0 Å². The van der Waals surface area contributed by atoms with Crippen LogP contribution in [0.5, 0.6) is 0 Å². The van der Waals surface area contributed by atoms with Crippen LogP contribution in [0, 0.1) is 5.92 Å². The van der Waals surface area contributed by atoms with Gasteiger partial charge < -0.3 is 15.0 Å². The van der Waals surface area contributed by atoms with Gasteiger partial charge in [0.1, 0.15) is 0 Å². The molecule has 4 nitrogen and oxygen atoms in total. The molecular weight excluding hydrogens is 264 g/mol. The van der Waals surface area contributed by atoms with Gasteiger partial charge in [-0.15, -0.1) is 12.4 Å². The molecule has 1 fully saturated rings. The summed E-state index contributed by atoms with van der Waals surface area (Å²) in [6, 6.07) is 0.461. The molecular formula is C14H29ClN2O2. The second-order valence-corrected chi connectivity index (χ2v) is 5.25. The van der Waals surface area contributed by atoms with Crippen LogP contribution >= 0.6 is 12.4 Å². The molecule has 0 aromatic carbocycles. The Bertz CT molecular complexity index is 244. The normalized spacial score (nSPS) is 22.7. The second kappa shape index (κ2) is 10.5. The lowest BCUT2D eigenvalue weighted by molar-refractivity contribution is -0.137. The summed E-state index contributed by atoms with van der Waals surface area (Å²) in [5.74, 6) is 0.531. The van der Waals surface area contributed by atoms with Crippen LogP contribution in [0.4, 0.5) is 0 Å². The number of nitrogens with zero attached hydrogens (tertiary/aromatic N) is 1. The largest absolute Gasteiger partial charge is 0.383 e. The fraction of sp³-hybridized carbons (Fsp3) is 0.929. The number of hydrogen-bond donors (Lipinski definition) is 1. The third kappa shape index (κ3) is 6.59. The maximum Gasteiger partial charge on any atom is 0.225 e. The molecule has 0 aromatic heterocycles. The lowest BCUT2D eigenvalue weighted by Gasteiger charge is -2.32. The van der Waals surface area contributed by atoms with Crippen LogP contribution in [-0.4, -0.2) is 50.2 Å². The molecule has 0 spiro atoms. The summed E-state index contributed by atoms with van der Waals surface area (Å²) in [6.45, 7) is 7.51. The minimum atomic E-state index is 0. The summed E-state index contributed by atoms with van der Waals surface area (Å²) in [5, 5.41) is 3.40. The lowest BCUT2D eigenvalue weighted by Crippen LogP contribution is -2.45. The molecule has 1 saturated heterocycles. The standard InChI is InChI=1S/C14H28N2O2.ClH/c1-4-5-8-16(9-10-18-3)14(17)13-6-7-15-12(2)11-13;/h12-13,15H,4-11H2,1-3H3;1H/t12-,13-;/m0./s1. The molecule has 1 N–H and O–H groups in total. The zero-order valence-corrected chi connectivity index (χ0v) is 13.3. The second-order valence-electron chi connectivity index (χ2n) is 5.25. The van der Waals surface area contributed by atoms with E-state index in [9.17, 15) is 4.79 Å². The zero-order valence-electron chi connectivity index (χ0n) is 12.5. The maximum absolute atomic E-state index is 12.5. The van der Waals surface area contributed by atoms with Crippen molar-refractivity contribution in [1.29, 1.82) is 0 Å². The number of hydrogen-bond acceptors (Lipinski definition) is 3. The van der Waals surface area contributed by atoms with Crippen molar-refractivity contribution in [2.45, 2.75) is 45.6 Å². The predicted octanol–water partition coefficient (Wildman–Crippen LogP) is 2.07. The highest BCUT2D eigenvalue weighted by molar-refractivity contribution is 5.85. The van der Waals surface area contributed by atoms with Crippen LogP contribution in [0.25, 0.3) is 0 Å². The molecule has 0 unspecified atom stereocenters. The van der Waals surface area contributed by atoms with Gasteiger partial charge in [0.2, 0.25) is 5.91 Å². The first-order valence-electron chi connectivity index (χ1n) is 7.20. The maximum atomic E-state index is 12.5.